The number of carboxylic acids is 1. The molecule has 62 valence electrons. The van der Waals surface area contributed by atoms with E-state index in [1.54, 1.807) is 11.8 Å². The summed E-state index contributed by atoms with van der Waals surface area (Å²) in [7, 11) is 0. The third-order valence-corrected chi connectivity index (χ3v) is 2.09. The number of hydrogen-bond donors (Lipinski definition) is 3. The Bertz CT molecular complexity index is 184. The fourth-order valence-electron chi connectivity index (χ4n) is 1.21. The highest BCUT2D eigenvalue weighted by Gasteiger charge is 2.41. The summed E-state index contributed by atoms with van der Waals surface area (Å²) in [5.74, 6) is -1.22. The van der Waals surface area contributed by atoms with Gasteiger partial charge in [-0.3, -0.25) is 10.2 Å². The van der Waals surface area contributed by atoms with Crippen molar-refractivity contribution < 1.29 is 9.90 Å². The van der Waals surface area contributed by atoms with Gasteiger partial charge in [-0.2, -0.15) is 0 Å². The second kappa shape index (κ2) is 2.41. The van der Waals surface area contributed by atoms with Crippen LogP contribution in [0, 0.1) is 11.3 Å². The Balaban J connectivity index is 2.50. The Kier molecular flexibility index (Phi) is 1.72. The van der Waals surface area contributed by atoms with Gasteiger partial charge in [0, 0.05) is 12.6 Å². The van der Waals surface area contributed by atoms with Crippen molar-refractivity contribution in [3.8, 4) is 0 Å². The lowest BCUT2D eigenvalue weighted by atomic mass is 9.90. The van der Waals surface area contributed by atoms with Gasteiger partial charge in [0.25, 0.3) is 0 Å². The minimum atomic E-state index is -0.810. The first kappa shape index (κ1) is 7.84. The van der Waals surface area contributed by atoms with Crippen LogP contribution in [0.3, 0.4) is 0 Å². The normalized spacial score (nSPS) is 29.4. The lowest BCUT2D eigenvalue weighted by molar-refractivity contribution is -0.148. The van der Waals surface area contributed by atoms with Crippen molar-refractivity contribution in [1.29, 1.82) is 5.41 Å². The zero-order valence-corrected chi connectivity index (χ0v) is 6.24. The number of carboxylic acid groups (broad SMARTS) is 1. The minimum Gasteiger partial charge on any atom is -0.481 e. The van der Waals surface area contributed by atoms with Gasteiger partial charge in [0.2, 0.25) is 0 Å². The van der Waals surface area contributed by atoms with Gasteiger partial charge in [-0.15, -0.1) is 0 Å². The quantitative estimate of drug-likeness (QED) is 0.346. The number of guanidine groups is 1. The number of likely N-dealkylation sites (tertiary alicyclic amines) is 1. The molecule has 1 heterocycles. The van der Waals surface area contributed by atoms with Gasteiger partial charge in [-0.25, -0.2) is 0 Å². The van der Waals surface area contributed by atoms with Gasteiger partial charge < -0.3 is 15.7 Å². The topological polar surface area (TPSA) is 90.4 Å². The maximum Gasteiger partial charge on any atom is 0.310 e. The molecule has 0 saturated carbocycles. The van der Waals surface area contributed by atoms with Crippen molar-refractivity contribution >= 4 is 11.9 Å². The molecule has 4 N–H and O–H groups in total. The predicted molar refractivity (Wildman–Crippen MR) is 39.2 cm³/mol. The first-order valence-electron chi connectivity index (χ1n) is 3.37. The molecule has 5 heteroatoms. The summed E-state index contributed by atoms with van der Waals surface area (Å²) in [6.07, 6.45) is 0. The number of rotatable bonds is 1. The van der Waals surface area contributed by atoms with E-state index in [1.165, 1.54) is 0 Å². The summed E-state index contributed by atoms with van der Waals surface area (Å²) in [6.45, 7) is 2.12. The summed E-state index contributed by atoms with van der Waals surface area (Å²) in [4.78, 5) is 12.0. The van der Waals surface area contributed by atoms with Crippen molar-refractivity contribution in [2.45, 2.75) is 13.0 Å². The lowest BCUT2D eigenvalue weighted by Gasteiger charge is -2.44. The SMILES string of the molecule is C[C@H]1[C@@H](C(=O)O)CN1C(=N)N. The highest BCUT2D eigenvalue weighted by Crippen LogP contribution is 2.23. The number of nitrogens with one attached hydrogen (secondary N) is 1. The average molecular weight is 157 g/mol. The van der Waals surface area contributed by atoms with Crippen molar-refractivity contribution in [3.63, 3.8) is 0 Å². The molecule has 1 aliphatic rings. The Morgan fingerprint density at radius 3 is 2.64 bits per heavy atom. The third-order valence-electron chi connectivity index (χ3n) is 2.09. The van der Waals surface area contributed by atoms with E-state index in [-0.39, 0.29) is 17.9 Å². The van der Waals surface area contributed by atoms with E-state index in [1.807, 2.05) is 0 Å². The molecular weight excluding hydrogens is 146 g/mol. The van der Waals surface area contributed by atoms with Crippen LogP contribution in [-0.4, -0.2) is 34.5 Å². The molecule has 0 radical (unpaired) electrons. The first-order valence-corrected chi connectivity index (χ1v) is 3.37. The number of hydrogen-bond acceptors (Lipinski definition) is 2. The second-order valence-corrected chi connectivity index (χ2v) is 2.72. The molecular formula is C6H11N3O2. The number of nitrogens with zero attached hydrogens (tertiary/aromatic N) is 1. The van der Waals surface area contributed by atoms with Crippen LogP contribution in [0.25, 0.3) is 0 Å². The molecule has 2 atom stereocenters. The Morgan fingerprint density at radius 1 is 1.82 bits per heavy atom. The zero-order valence-electron chi connectivity index (χ0n) is 6.24. The van der Waals surface area contributed by atoms with Gasteiger partial charge in [-0.05, 0) is 6.92 Å². The van der Waals surface area contributed by atoms with E-state index < -0.39 is 5.97 Å². The molecule has 0 unspecified atom stereocenters. The third kappa shape index (κ3) is 1.13. The van der Waals surface area contributed by atoms with Crippen molar-refractivity contribution in [2.24, 2.45) is 11.7 Å². The van der Waals surface area contributed by atoms with E-state index in [4.69, 9.17) is 16.2 Å². The first-order chi connectivity index (χ1) is 5.04. The van der Waals surface area contributed by atoms with Gasteiger partial charge >= 0.3 is 5.97 Å². The highest BCUT2D eigenvalue weighted by molar-refractivity contribution is 5.80. The average Bonchev–Trinajstić information content (AvgIpc) is 1.82. The van der Waals surface area contributed by atoms with Crippen LogP contribution in [0.5, 0.6) is 0 Å². The summed E-state index contributed by atoms with van der Waals surface area (Å²) >= 11 is 0. The van der Waals surface area contributed by atoms with E-state index in [2.05, 4.69) is 0 Å². The Hall–Kier alpha value is -1.26. The van der Waals surface area contributed by atoms with E-state index in [0.29, 0.717) is 6.54 Å². The molecule has 11 heavy (non-hydrogen) atoms. The van der Waals surface area contributed by atoms with E-state index in [0.717, 1.165) is 0 Å². The van der Waals surface area contributed by atoms with Crippen molar-refractivity contribution in [2.75, 3.05) is 6.54 Å². The molecule has 0 spiro atoms. The maximum atomic E-state index is 10.4. The maximum absolute atomic E-state index is 10.4. The van der Waals surface area contributed by atoms with Crippen LogP contribution in [0.4, 0.5) is 0 Å². The Labute approximate surface area is 64.3 Å². The van der Waals surface area contributed by atoms with Crippen LogP contribution in [0.2, 0.25) is 0 Å². The van der Waals surface area contributed by atoms with Crippen LogP contribution in [0.1, 0.15) is 6.92 Å². The van der Waals surface area contributed by atoms with E-state index in [9.17, 15) is 4.79 Å². The summed E-state index contributed by atoms with van der Waals surface area (Å²) in [5.41, 5.74) is 5.17. The summed E-state index contributed by atoms with van der Waals surface area (Å²) in [6, 6.07) is -0.134. The van der Waals surface area contributed by atoms with Gasteiger partial charge in [0.1, 0.15) is 0 Å². The van der Waals surface area contributed by atoms with Crippen molar-refractivity contribution in [1.82, 2.24) is 4.90 Å². The molecule has 1 fully saturated rings. The molecule has 5 nitrogen and oxygen atoms in total. The van der Waals surface area contributed by atoms with E-state index >= 15 is 0 Å². The van der Waals surface area contributed by atoms with Gasteiger partial charge in [0.05, 0.1) is 5.92 Å². The number of nitrogens with two attached hydrogens (primary N) is 1. The van der Waals surface area contributed by atoms with Crippen molar-refractivity contribution in [3.05, 3.63) is 0 Å². The predicted octanol–water partition coefficient (Wildman–Crippen LogP) is -0.715. The monoisotopic (exact) mass is 157 g/mol. The standard InChI is InChI=1S/C6H11N3O2/c1-3-4(5(10)11)2-9(3)6(7)8/h3-4H,2H2,1H3,(H3,7,8)(H,10,11)/t3-,4-/m0/s1. The van der Waals surface area contributed by atoms with Crippen LogP contribution in [-0.2, 0) is 4.79 Å². The molecule has 1 rings (SSSR count). The molecule has 0 bridgehead atoms. The lowest BCUT2D eigenvalue weighted by Crippen LogP contribution is -2.61. The smallest absolute Gasteiger partial charge is 0.310 e. The molecule has 0 amide bonds. The molecule has 0 aliphatic carbocycles. The van der Waals surface area contributed by atoms with Crippen LogP contribution in [0.15, 0.2) is 0 Å². The molecule has 0 aromatic carbocycles. The molecule has 0 aromatic heterocycles. The molecule has 1 saturated heterocycles. The van der Waals surface area contributed by atoms with Gasteiger partial charge in [-0.1, -0.05) is 0 Å². The minimum absolute atomic E-state index is 0.0463. The largest absolute Gasteiger partial charge is 0.481 e. The number of aliphatic carboxylic acids is 1. The fourth-order valence-corrected chi connectivity index (χ4v) is 1.21. The second-order valence-electron chi connectivity index (χ2n) is 2.72. The van der Waals surface area contributed by atoms with Crippen LogP contribution >= 0.6 is 0 Å². The molecule has 0 aromatic rings. The summed E-state index contributed by atoms with van der Waals surface area (Å²) in [5, 5.41) is 15.6. The van der Waals surface area contributed by atoms with Crippen LogP contribution < -0.4 is 5.73 Å². The summed E-state index contributed by atoms with van der Waals surface area (Å²) < 4.78 is 0. The highest BCUT2D eigenvalue weighted by atomic mass is 16.4. The fraction of sp³-hybridized carbons (Fsp3) is 0.667. The number of carbonyl (C=O) groups is 1. The van der Waals surface area contributed by atoms with Gasteiger partial charge in [0.15, 0.2) is 5.96 Å². The molecule has 1 aliphatic heterocycles. The Morgan fingerprint density at radius 2 is 2.36 bits per heavy atom. The zero-order chi connectivity index (χ0) is 8.59.